The molecule has 1 aliphatic heterocycles. The summed E-state index contributed by atoms with van der Waals surface area (Å²) in [5.74, 6) is 3.77. The topological polar surface area (TPSA) is 75.9 Å². The highest BCUT2D eigenvalue weighted by Crippen LogP contribution is 2.37. The summed E-state index contributed by atoms with van der Waals surface area (Å²) in [6, 6.07) is 2.26. The minimum atomic E-state index is -0.0218. The molecule has 2 aromatic heterocycles. The second-order valence-corrected chi connectivity index (χ2v) is 10.5. The van der Waals surface area contributed by atoms with Gasteiger partial charge in [-0.05, 0) is 31.0 Å². The Morgan fingerprint density at radius 3 is 2.47 bits per heavy atom. The molecule has 30 heavy (non-hydrogen) atoms. The van der Waals surface area contributed by atoms with Crippen LogP contribution in [0.25, 0.3) is 0 Å². The van der Waals surface area contributed by atoms with Gasteiger partial charge in [0.15, 0.2) is 0 Å². The van der Waals surface area contributed by atoms with Crippen LogP contribution in [0.2, 0.25) is 0 Å². The van der Waals surface area contributed by atoms with Crippen molar-refractivity contribution in [1.29, 1.82) is 0 Å². The quantitative estimate of drug-likeness (QED) is 0.490. The molecule has 0 atom stereocenters. The summed E-state index contributed by atoms with van der Waals surface area (Å²) in [5.41, 5.74) is 1.24. The molecule has 2 aliphatic rings. The van der Waals surface area contributed by atoms with Gasteiger partial charge in [0.25, 0.3) is 0 Å². The fraction of sp³-hybridized carbons (Fsp3) is 0.762. The molecule has 0 bridgehead atoms. The summed E-state index contributed by atoms with van der Waals surface area (Å²) in [7, 11) is 1.80. The second kappa shape index (κ2) is 9.18. The molecule has 0 aromatic carbocycles. The molecule has 9 heteroatoms. The monoisotopic (exact) mass is 430 g/mol. The Bertz CT molecular complexity index is 834. The molecule has 1 saturated heterocycles. The van der Waals surface area contributed by atoms with Crippen LogP contribution in [0.4, 0.5) is 5.82 Å². The maximum absolute atomic E-state index is 4.98. The SMILES string of the molecule is Cn1nnc(SCCCN2CCN(c3cc(C4CCC4)nc(C(C)(C)C)n3)CC2)n1. The van der Waals surface area contributed by atoms with E-state index in [1.165, 1.54) is 29.8 Å². The standard InChI is InChI=1S/C21H34N8S/c1-21(2,3)19-22-17(16-7-5-8-16)15-18(23-19)29-12-10-28(11-13-29)9-6-14-30-20-24-26-27(4)25-20/h15-16H,5-14H2,1-4H3. The Hall–Kier alpha value is -1.74. The lowest BCUT2D eigenvalue weighted by atomic mass is 9.82. The first kappa shape index (κ1) is 21.5. The van der Waals surface area contributed by atoms with E-state index in [1.54, 1.807) is 18.8 Å². The summed E-state index contributed by atoms with van der Waals surface area (Å²) < 4.78 is 0. The molecule has 0 N–H and O–H groups in total. The van der Waals surface area contributed by atoms with E-state index in [1.807, 2.05) is 0 Å². The molecule has 0 unspecified atom stereocenters. The van der Waals surface area contributed by atoms with Crippen molar-refractivity contribution in [2.24, 2.45) is 7.05 Å². The molecular weight excluding hydrogens is 396 g/mol. The average Bonchev–Trinajstić information content (AvgIpc) is 3.09. The summed E-state index contributed by atoms with van der Waals surface area (Å²) in [5, 5.41) is 12.9. The van der Waals surface area contributed by atoms with Crippen LogP contribution in [0.15, 0.2) is 11.2 Å². The van der Waals surface area contributed by atoms with E-state index in [2.05, 4.69) is 52.0 Å². The van der Waals surface area contributed by atoms with Crippen molar-refractivity contribution < 1.29 is 0 Å². The van der Waals surface area contributed by atoms with Crippen molar-refractivity contribution in [2.45, 2.75) is 62.9 Å². The van der Waals surface area contributed by atoms with E-state index < -0.39 is 0 Å². The molecule has 1 aliphatic carbocycles. The van der Waals surface area contributed by atoms with Crippen molar-refractivity contribution in [3.8, 4) is 0 Å². The highest BCUT2D eigenvalue weighted by molar-refractivity contribution is 7.99. The molecule has 164 valence electrons. The lowest BCUT2D eigenvalue weighted by molar-refractivity contribution is 0.258. The first-order chi connectivity index (χ1) is 14.4. The molecule has 0 radical (unpaired) electrons. The number of nitrogens with zero attached hydrogens (tertiary/aromatic N) is 8. The van der Waals surface area contributed by atoms with Gasteiger partial charge in [0.05, 0.1) is 7.05 Å². The van der Waals surface area contributed by atoms with E-state index >= 15 is 0 Å². The van der Waals surface area contributed by atoms with E-state index in [0.717, 1.165) is 61.7 Å². The van der Waals surface area contributed by atoms with E-state index in [0.29, 0.717) is 5.92 Å². The molecule has 2 fully saturated rings. The van der Waals surface area contributed by atoms with Crippen LogP contribution in [-0.2, 0) is 12.5 Å². The smallest absolute Gasteiger partial charge is 0.231 e. The molecule has 1 saturated carbocycles. The van der Waals surface area contributed by atoms with Crippen molar-refractivity contribution in [3.05, 3.63) is 17.6 Å². The van der Waals surface area contributed by atoms with Gasteiger partial charge in [-0.1, -0.05) is 39.0 Å². The predicted octanol–water partition coefficient (Wildman–Crippen LogP) is 2.87. The number of rotatable bonds is 7. The second-order valence-electron chi connectivity index (χ2n) is 9.44. The Kier molecular flexibility index (Phi) is 6.57. The summed E-state index contributed by atoms with van der Waals surface area (Å²) in [6.45, 7) is 12.0. The number of tetrazole rings is 1. The fourth-order valence-electron chi connectivity index (χ4n) is 3.84. The first-order valence-corrected chi connectivity index (χ1v) is 12.1. The van der Waals surface area contributed by atoms with E-state index in [4.69, 9.17) is 9.97 Å². The highest BCUT2D eigenvalue weighted by atomic mass is 32.2. The van der Waals surface area contributed by atoms with Crippen molar-refractivity contribution >= 4 is 17.6 Å². The van der Waals surface area contributed by atoms with Gasteiger partial charge in [-0.15, -0.1) is 10.2 Å². The molecule has 8 nitrogen and oxygen atoms in total. The maximum Gasteiger partial charge on any atom is 0.231 e. The van der Waals surface area contributed by atoms with Crippen LogP contribution < -0.4 is 4.90 Å². The van der Waals surface area contributed by atoms with Crippen molar-refractivity contribution in [2.75, 3.05) is 43.4 Å². The Morgan fingerprint density at radius 2 is 1.87 bits per heavy atom. The molecular formula is C21H34N8S. The van der Waals surface area contributed by atoms with Gasteiger partial charge < -0.3 is 4.90 Å². The number of thioether (sulfide) groups is 1. The predicted molar refractivity (Wildman–Crippen MR) is 120 cm³/mol. The molecule has 0 spiro atoms. The minimum Gasteiger partial charge on any atom is -0.354 e. The molecule has 0 amide bonds. The zero-order valence-electron chi connectivity index (χ0n) is 18.7. The normalized spacial score (nSPS) is 18.6. The van der Waals surface area contributed by atoms with Crippen molar-refractivity contribution in [3.63, 3.8) is 0 Å². The van der Waals surface area contributed by atoms with Gasteiger partial charge in [-0.25, -0.2) is 9.97 Å². The number of aromatic nitrogens is 6. The zero-order chi connectivity index (χ0) is 21.1. The third kappa shape index (κ3) is 5.29. The summed E-state index contributed by atoms with van der Waals surface area (Å²) in [4.78, 5) is 16.4. The zero-order valence-corrected chi connectivity index (χ0v) is 19.5. The van der Waals surface area contributed by atoms with Gasteiger partial charge in [0, 0.05) is 55.0 Å². The van der Waals surface area contributed by atoms with Crippen LogP contribution in [0.1, 0.15) is 63.9 Å². The van der Waals surface area contributed by atoms with Crippen LogP contribution in [0, 0.1) is 0 Å². The lowest BCUT2D eigenvalue weighted by Gasteiger charge is -2.36. The average molecular weight is 431 g/mol. The fourth-order valence-corrected chi connectivity index (χ4v) is 4.57. The Morgan fingerprint density at radius 1 is 1.10 bits per heavy atom. The lowest BCUT2D eigenvalue weighted by Crippen LogP contribution is -2.47. The maximum atomic E-state index is 4.98. The first-order valence-electron chi connectivity index (χ1n) is 11.1. The highest BCUT2D eigenvalue weighted by Gasteiger charge is 2.27. The summed E-state index contributed by atoms with van der Waals surface area (Å²) >= 11 is 1.68. The Balaban J connectivity index is 1.30. The van der Waals surface area contributed by atoms with Gasteiger partial charge >= 0.3 is 0 Å². The minimum absolute atomic E-state index is 0.0218. The van der Waals surface area contributed by atoms with Crippen LogP contribution in [-0.4, -0.2) is 73.6 Å². The van der Waals surface area contributed by atoms with Crippen LogP contribution in [0.5, 0.6) is 0 Å². The van der Waals surface area contributed by atoms with Crippen LogP contribution in [0.3, 0.4) is 0 Å². The third-order valence-corrected chi connectivity index (χ3v) is 6.88. The number of piperazine rings is 1. The van der Waals surface area contributed by atoms with E-state index in [-0.39, 0.29) is 5.41 Å². The number of hydrogen-bond donors (Lipinski definition) is 0. The van der Waals surface area contributed by atoms with Gasteiger partial charge in [-0.3, -0.25) is 4.90 Å². The van der Waals surface area contributed by atoms with Gasteiger partial charge in [-0.2, -0.15) is 4.80 Å². The largest absolute Gasteiger partial charge is 0.354 e. The number of hydrogen-bond acceptors (Lipinski definition) is 8. The Labute approximate surface area is 183 Å². The molecule has 4 rings (SSSR count). The van der Waals surface area contributed by atoms with Crippen molar-refractivity contribution in [1.82, 2.24) is 35.1 Å². The van der Waals surface area contributed by atoms with Crippen LogP contribution >= 0.6 is 11.8 Å². The van der Waals surface area contributed by atoms with Gasteiger partial charge in [0.2, 0.25) is 5.16 Å². The van der Waals surface area contributed by atoms with E-state index in [9.17, 15) is 0 Å². The van der Waals surface area contributed by atoms with Gasteiger partial charge in [0.1, 0.15) is 11.6 Å². The number of aryl methyl sites for hydroxylation is 1. The summed E-state index contributed by atoms with van der Waals surface area (Å²) in [6.07, 6.45) is 5.01. The molecule has 2 aromatic rings. The number of anilines is 1. The third-order valence-electron chi connectivity index (χ3n) is 5.96. The molecule has 3 heterocycles.